The Balaban J connectivity index is 1.66. The van der Waals surface area contributed by atoms with Gasteiger partial charge in [-0.3, -0.25) is 5.41 Å². The van der Waals surface area contributed by atoms with E-state index in [2.05, 4.69) is 4.98 Å². The third kappa shape index (κ3) is 3.03. The first-order chi connectivity index (χ1) is 13.5. The Labute approximate surface area is 165 Å². The lowest BCUT2D eigenvalue weighted by atomic mass is 10.1. The number of methoxy groups -OCH3 is 1. The number of halogens is 1. The summed E-state index contributed by atoms with van der Waals surface area (Å²) in [7, 11) is 1.60. The molecule has 0 amide bonds. The number of hydrogen-bond acceptors (Lipinski definition) is 5. The van der Waals surface area contributed by atoms with Crippen LogP contribution >= 0.6 is 11.3 Å². The molecule has 7 heteroatoms. The van der Waals surface area contributed by atoms with Crippen molar-refractivity contribution < 1.29 is 14.2 Å². The fourth-order valence-electron chi connectivity index (χ4n) is 3.21. The van der Waals surface area contributed by atoms with Crippen molar-refractivity contribution in [2.24, 2.45) is 0 Å². The van der Waals surface area contributed by atoms with Gasteiger partial charge in [-0.15, -0.1) is 11.3 Å². The zero-order chi connectivity index (χ0) is 19.8. The Morgan fingerprint density at radius 2 is 1.82 bits per heavy atom. The highest BCUT2D eigenvalue weighted by Gasteiger charge is 2.37. The number of nitrogens with zero attached hydrogens (tertiary/aromatic N) is 2. The second-order valence-corrected chi connectivity index (χ2v) is 7.26. The molecule has 28 heavy (non-hydrogen) atoms. The zero-order valence-electron chi connectivity index (χ0n) is 15.3. The Kier molecular flexibility index (Phi) is 4.60. The van der Waals surface area contributed by atoms with Crippen LogP contribution < -0.4 is 9.64 Å². The molecule has 0 aliphatic carbocycles. The van der Waals surface area contributed by atoms with E-state index in [4.69, 9.17) is 10.1 Å². The summed E-state index contributed by atoms with van der Waals surface area (Å²) in [5, 5.41) is 21.8. The molecule has 1 atom stereocenters. The summed E-state index contributed by atoms with van der Waals surface area (Å²) in [5.41, 5.74) is 2.68. The third-order valence-corrected chi connectivity index (χ3v) is 5.59. The molecule has 142 valence electrons. The molecule has 0 spiro atoms. The summed E-state index contributed by atoms with van der Waals surface area (Å²) in [6, 6.07) is 13.1. The number of aromatic nitrogens is 1. The Morgan fingerprint density at radius 1 is 1.14 bits per heavy atom. The number of thiazole rings is 1. The predicted molar refractivity (Wildman–Crippen MR) is 110 cm³/mol. The van der Waals surface area contributed by atoms with Gasteiger partial charge in [0, 0.05) is 16.6 Å². The van der Waals surface area contributed by atoms with Gasteiger partial charge in [0.05, 0.1) is 24.4 Å². The second-order valence-electron chi connectivity index (χ2n) is 6.40. The van der Waals surface area contributed by atoms with E-state index in [-0.39, 0.29) is 23.5 Å². The smallest absolute Gasteiger partial charge is 0.139 e. The number of rotatable bonds is 4. The molecule has 3 aromatic rings. The molecular weight excluding hydrogens is 377 g/mol. The minimum absolute atomic E-state index is 0.112. The summed E-state index contributed by atoms with van der Waals surface area (Å²) < 4.78 is 18.3. The number of aliphatic hydroxyl groups excluding tert-OH is 1. The van der Waals surface area contributed by atoms with Gasteiger partial charge in [-0.1, -0.05) is 0 Å². The second kappa shape index (κ2) is 7.09. The Bertz CT molecular complexity index is 1060. The first kappa shape index (κ1) is 18.2. The third-order valence-electron chi connectivity index (χ3n) is 4.73. The van der Waals surface area contributed by atoms with Gasteiger partial charge < -0.3 is 14.7 Å². The van der Waals surface area contributed by atoms with Crippen molar-refractivity contribution in [2.75, 3.05) is 12.0 Å². The highest BCUT2D eigenvalue weighted by Crippen LogP contribution is 2.37. The number of aliphatic hydroxyl groups is 1. The Morgan fingerprint density at radius 3 is 2.46 bits per heavy atom. The highest BCUT2D eigenvalue weighted by atomic mass is 32.1. The first-order valence-electron chi connectivity index (χ1n) is 8.66. The highest BCUT2D eigenvalue weighted by molar-refractivity contribution is 7.11. The van der Waals surface area contributed by atoms with Gasteiger partial charge in [-0.2, -0.15) is 0 Å². The van der Waals surface area contributed by atoms with Crippen LogP contribution in [0, 0.1) is 11.2 Å². The summed E-state index contributed by atoms with van der Waals surface area (Å²) in [5.74, 6) is 0.723. The molecule has 5 nitrogen and oxygen atoms in total. The fraction of sp³-hybridized carbons (Fsp3) is 0.143. The summed E-state index contributed by atoms with van der Waals surface area (Å²) in [6.07, 6.45) is 0. The van der Waals surface area contributed by atoms with E-state index in [9.17, 15) is 9.50 Å². The van der Waals surface area contributed by atoms with Gasteiger partial charge in [0.15, 0.2) is 0 Å². The van der Waals surface area contributed by atoms with Crippen LogP contribution in [0.2, 0.25) is 0 Å². The predicted octanol–water partition coefficient (Wildman–Crippen LogP) is 5.11. The lowest BCUT2D eigenvalue weighted by Gasteiger charge is -2.24. The van der Waals surface area contributed by atoms with Crippen molar-refractivity contribution in [3.63, 3.8) is 0 Å². The molecule has 0 bridgehead atoms. The molecule has 1 aliphatic heterocycles. The monoisotopic (exact) mass is 395 g/mol. The molecule has 2 aromatic carbocycles. The van der Waals surface area contributed by atoms with Gasteiger partial charge in [0.25, 0.3) is 0 Å². The molecule has 0 saturated carbocycles. The summed E-state index contributed by atoms with van der Waals surface area (Å²) in [6.45, 7) is 1.84. The van der Waals surface area contributed by atoms with Crippen LogP contribution in [0.5, 0.6) is 5.75 Å². The zero-order valence-corrected chi connectivity index (χ0v) is 16.1. The van der Waals surface area contributed by atoms with Crippen LogP contribution in [-0.2, 0) is 0 Å². The van der Waals surface area contributed by atoms with E-state index in [1.807, 2.05) is 36.6 Å². The maximum atomic E-state index is 13.2. The molecule has 0 unspecified atom stereocenters. The topological polar surface area (TPSA) is 69.4 Å². The van der Waals surface area contributed by atoms with Gasteiger partial charge in [-0.05, 0) is 55.5 Å². The van der Waals surface area contributed by atoms with Gasteiger partial charge in [0.2, 0.25) is 0 Å². The van der Waals surface area contributed by atoms with E-state index in [0.29, 0.717) is 16.3 Å². The van der Waals surface area contributed by atoms with E-state index >= 15 is 0 Å². The fourth-order valence-corrected chi connectivity index (χ4v) is 4.10. The number of ether oxygens (including phenoxy) is 1. The van der Waals surface area contributed by atoms with Crippen molar-refractivity contribution in [2.45, 2.75) is 13.0 Å². The average molecular weight is 395 g/mol. The molecule has 0 fully saturated rings. The molecular formula is C21H18FN3O2S. The van der Waals surface area contributed by atoms with Crippen molar-refractivity contribution >= 4 is 28.4 Å². The first-order valence-corrected chi connectivity index (χ1v) is 9.54. The largest absolute Gasteiger partial charge is 0.509 e. The minimum Gasteiger partial charge on any atom is -0.509 e. The van der Waals surface area contributed by atoms with Crippen molar-refractivity contribution in [3.05, 3.63) is 70.5 Å². The lowest BCUT2D eigenvalue weighted by molar-refractivity contribution is 0.384. The molecule has 1 aliphatic rings. The quantitative estimate of drug-likeness (QED) is 0.644. The van der Waals surface area contributed by atoms with Crippen LogP contribution in [0.25, 0.3) is 16.8 Å². The summed E-state index contributed by atoms with van der Waals surface area (Å²) in [4.78, 5) is 6.33. The van der Waals surface area contributed by atoms with Crippen LogP contribution in [0.1, 0.15) is 11.9 Å². The van der Waals surface area contributed by atoms with E-state index in [0.717, 1.165) is 17.0 Å². The number of nitrogens with one attached hydrogen (secondary N) is 1. The van der Waals surface area contributed by atoms with Crippen LogP contribution in [0.4, 0.5) is 10.1 Å². The normalized spacial score (nSPS) is 16.8. The van der Waals surface area contributed by atoms with Crippen LogP contribution in [0.15, 0.2) is 59.7 Å². The minimum atomic E-state index is -0.380. The molecule has 4 rings (SSSR count). The van der Waals surface area contributed by atoms with Gasteiger partial charge in [-0.25, -0.2) is 9.37 Å². The molecule has 0 saturated heterocycles. The molecule has 0 radical (unpaired) electrons. The number of anilines is 1. The number of benzene rings is 2. The summed E-state index contributed by atoms with van der Waals surface area (Å²) >= 11 is 1.35. The average Bonchev–Trinajstić information content (AvgIpc) is 3.26. The number of amidine groups is 1. The standard InChI is InChI=1S/C21H18FN3O2S/c1-12-19(26)18(20(23)25(12)15-7-9-16(27-2)10-8-15)21-24-17(11-28-21)13-3-5-14(22)6-4-13/h3-12,23,26H,1-2H3/t12-/m0/s1. The van der Waals surface area contributed by atoms with Crippen LogP contribution in [-0.4, -0.2) is 29.1 Å². The van der Waals surface area contributed by atoms with Crippen LogP contribution in [0.3, 0.4) is 0 Å². The Hall–Kier alpha value is -3.19. The van der Waals surface area contributed by atoms with Crippen molar-refractivity contribution in [1.29, 1.82) is 5.41 Å². The van der Waals surface area contributed by atoms with E-state index < -0.39 is 0 Å². The SMILES string of the molecule is COc1ccc(N2C(=N)C(c3nc(-c4ccc(F)cc4)cs3)=C(O)[C@@H]2C)cc1. The van der Waals surface area contributed by atoms with E-state index in [1.165, 1.54) is 23.5 Å². The van der Waals surface area contributed by atoms with Crippen molar-refractivity contribution in [1.82, 2.24) is 4.98 Å². The van der Waals surface area contributed by atoms with Crippen molar-refractivity contribution in [3.8, 4) is 17.0 Å². The number of hydrogen-bond donors (Lipinski definition) is 2. The van der Waals surface area contributed by atoms with E-state index in [1.54, 1.807) is 24.1 Å². The maximum absolute atomic E-state index is 13.2. The molecule has 2 N–H and O–H groups in total. The van der Waals surface area contributed by atoms with Gasteiger partial charge >= 0.3 is 0 Å². The molecule has 2 heterocycles. The molecule has 1 aromatic heterocycles. The van der Waals surface area contributed by atoms with Gasteiger partial charge in [0.1, 0.15) is 28.2 Å². The lowest BCUT2D eigenvalue weighted by Crippen LogP contribution is -2.33. The maximum Gasteiger partial charge on any atom is 0.139 e.